The van der Waals surface area contributed by atoms with Gasteiger partial charge in [0.05, 0.1) is 37.9 Å². The summed E-state index contributed by atoms with van der Waals surface area (Å²) in [6, 6.07) is 5.07. The van der Waals surface area contributed by atoms with Gasteiger partial charge in [-0.1, -0.05) is 0 Å². The average Bonchev–Trinajstić information content (AvgIpc) is 3.09. The predicted octanol–water partition coefficient (Wildman–Crippen LogP) is 1.46. The highest BCUT2D eigenvalue weighted by Gasteiger charge is 2.23. The first-order valence-electron chi connectivity index (χ1n) is 8.01. The van der Waals surface area contributed by atoms with Gasteiger partial charge in [0.15, 0.2) is 17.3 Å². The number of benzene rings is 1. The standard InChI is InChI=1S/C18H19N3O5S.Mg.2H/c1-10-7-12-13(8-11(10)17(22)26-4)21-18(20-12)27(23)9-14-16(25-3)15(24-2)5-6-19-14;;;/h5-8H,9H2,1-4H3,(H,20,21);;;. The van der Waals surface area contributed by atoms with Crippen LogP contribution in [0.4, 0.5) is 0 Å². The summed E-state index contributed by atoms with van der Waals surface area (Å²) in [5.41, 5.74) is 2.89. The molecule has 0 aliphatic heterocycles. The van der Waals surface area contributed by atoms with E-state index in [0.717, 1.165) is 5.56 Å². The third-order valence-corrected chi connectivity index (χ3v) is 5.22. The summed E-state index contributed by atoms with van der Waals surface area (Å²) < 4.78 is 28.1. The first kappa shape index (κ1) is 22.3. The number of pyridine rings is 1. The van der Waals surface area contributed by atoms with Crippen molar-refractivity contribution in [2.45, 2.75) is 17.8 Å². The number of methoxy groups -OCH3 is 3. The minimum Gasteiger partial charge on any atom is -0.609 e. The van der Waals surface area contributed by atoms with Gasteiger partial charge in [0.25, 0.3) is 0 Å². The number of H-pyrrole nitrogens is 1. The third-order valence-electron chi connectivity index (χ3n) is 4.06. The number of fused-ring (bicyclic) bond motifs is 1. The molecule has 0 aliphatic rings. The smallest absolute Gasteiger partial charge is 0.338 e. The highest BCUT2D eigenvalue weighted by atomic mass is 32.2. The van der Waals surface area contributed by atoms with Gasteiger partial charge in [-0.2, -0.15) is 4.98 Å². The van der Waals surface area contributed by atoms with Crippen molar-refractivity contribution in [1.29, 1.82) is 0 Å². The van der Waals surface area contributed by atoms with Crippen molar-refractivity contribution in [3.05, 3.63) is 41.2 Å². The topological polar surface area (TPSA) is 109 Å². The maximum absolute atomic E-state index is 12.8. The van der Waals surface area contributed by atoms with Gasteiger partial charge in [-0.05, 0) is 24.6 Å². The van der Waals surface area contributed by atoms with Crippen LogP contribution in [0.25, 0.3) is 11.0 Å². The lowest BCUT2D eigenvalue weighted by Crippen LogP contribution is -2.10. The molecule has 3 aromatic rings. The molecule has 0 saturated carbocycles. The number of rotatable bonds is 6. The third kappa shape index (κ3) is 4.35. The molecule has 1 N–H and O–H groups in total. The number of hydrogen-bond donors (Lipinski definition) is 1. The molecule has 28 heavy (non-hydrogen) atoms. The summed E-state index contributed by atoms with van der Waals surface area (Å²) >= 11 is -1.50. The van der Waals surface area contributed by atoms with Gasteiger partial charge >= 0.3 is 34.2 Å². The Hall–Kier alpha value is -2.01. The quantitative estimate of drug-likeness (QED) is 0.369. The van der Waals surface area contributed by atoms with Gasteiger partial charge in [0.1, 0.15) is 5.69 Å². The van der Waals surface area contributed by atoms with Gasteiger partial charge in [0.2, 0.25) is 0 Å². The van der Waals surface area contributed by atoms with E-state index in [1.165, 1.54) is 21.3 Å². The van der Waals surface area contributed by atoms with Crippen molar-refractivity contribution >= 4 is 51.2 Å². The zero-order valence-corrected chi connectivity index (χ0v) is 16.2. The summed E-state index contributed by atoms with van der Waals surface area (Å²) in [6.07, 6.45) is 1.57. The molecular formula is C18H21MgN3O5S. The fourth-order valence-corrected chi connectivity index (χ4v) is 3.74. The second kappa shape index (κ2) is 9.46. The van der Waals surface area contributed by atoms with Crippen molar-refractivity contribution in [2.75, 3.05) is 21.3 Å². The van der Waals surface area contributed by atoms with E-state index in [0.29, 0.717) is 33.8 Å². The average molecular weight is 416 g/mol. The summed E-state index contributed by atoms with van der Waals surface area (Å²) in [6.45, 7) is 1.80. The number of aromatic nitrogens is 3. The SMILES string of the molecule is COC(=O)c1cc2nc([S+]([O-])Cc3nccc(OC)c3OC)[nH]c2cc1C.[MgH2]. The van der Waals surface area contributed by atoms with E-state index in [1.54, 1.807) is 31.3 Å². The van der Waals surface area contributed by atoms with E-state index >= 15 is 0 Å². The van der Waals surface area contributed by atoms with Crippen LogP contribution in [0.2, 0.25) is 0 Å². The van der Waals surface area contributed by atoms with Crippen molar-refractivity contribution in [2.24, 2.45) is 0 Å². The number of aromatic amines is 1. The summed E-state index contributed by atoms with van der Waals surface area (Å²) in [7, 11) is 4.36. The Morgan fingerprint density at radius 2 is 2.00 bits per heavy atom. The van der Waals surface area contributed by atoms with E-state index in [-0.39, 0.29) is 34.0 Å². The molecule has 146 valence electrons. The number of esters is 1. The van der Waals surface area contributed by atoms with Gasteiger partial charge < -0.3 is 18.8 Å². The minimum atomic E-state index is -1.50. The summed E-state index contributed by atoms with van der Waals surface area (Å²) in [5.74, 6) is 0.615. The minimum absolute atomic E-state index is 0. The fourth-order valence-electron chi connectivity index (χ4n) is 2.73. The van der Waals surface area contributed by atoms with Crippen LogP contribution in [0.3, 0.4) is 0 Å². The zero-order chi connectivity index (χ0) is 19.6. The molecule has 0 aliphatic carbocycles. The first-order valence-corrected chi connectivity index (χ1v) is 9.33. The van der Waals surface area contributed by atoms with Gasteiger partial charge in [-0.3, -0.25) is 9.97 Å². The van der Waals surface area contributed by atoms with Crippen LogP contribution in [0, 0.1) is 6.92 Å². The number of carbonyl (C=O) groups is 1. The molecule has 0 radical (unpaired) electrons. The summed E-state index contributed by atoms with van der Waals surface area (Å²) in [4.78, 5) is 23.5. The normalized spacial score (nSPS) is 11.6. The Morgan fingerprint density at radius 3 is 2.64 bits per heavy atom. The molecule has 1 aromatic carbocycles. The number of carbonyl (C=O) groups excluding carboxylic acids is 1. The number of nitrogens with one attached hydrogen (secondary N) is 1. The zero-order valence-electron chi connectivity index (χ0n) is 15.4. The lowest BCUT2D eigenvalue weighted by Gasteiger charge is -2.12. The number of nitrogens with zero attached hydrogens (tertiary/aromatic N) is 2. The largest absolute Gasteiger partial charge is 0.609 e. The van der Waals surface area contributed by atoms with Gasteiger partial charge in [-0.15, -0.1) is 0 Å². The molecular weight excluding hydrogens is 395 g/mol. The van der Waals surface area contributed by atoms with Crippen LogP contribution in [0.1, 0.15) is 21.6 Å². The van der Waals surface area contributed by atoms with Crippen LogP contribution < -0.4 is 9.47 Å². The molecule has 0 bridgehead atoms. The molecule has 2 aromatic heterocycles. The van der Waals surface area contributed by atoms with E-state index in [4.69, 9.17) is 14.2 Å². The Morgan fingerprint density at radius 1 is 1.25 bits per heavy atom. The number of ether oxygens (including phenoxy) is 3. The van der Waals surface area contributed by atoms with Crippen molar-refractivity contribution < 1.29 is 23.6 Å². The van der Waals surface area contributed by atoms with Crippen LogP contribution in [0.15, 0.2) is 29.6 Å². The maximum atomic E-state index is 12.8. The molecule has 8 nitrogen and oxygen atoms in total. The van der Waals surface area contributed by atoms with Crippen LogP contribution in [0.5, 0.6) is 11.5 Å². The molecule has 0 amide bonds. The molecule has 3 rings (SSSR count). The molecule has 2 heterocycles. The van der Waals surface area contributed by atoms with E-state index in [1.807, 2.05) is 0 Å². The number of imidazole rings is 1. The van der Waals surface area contributed by atoms with Crippen molar-refractivity contribution in [3.63, 3.8) is 0 Å². The van der Waals surface area contributed by atoms with E-state index in [9.17, 15) is 9.35 Å². The van der Waals surface area contributed by atoms with E-state index < -0.39 is 17.1 Å². The lowest BCUT2D eigenvalue weighted by atomic mass is 10.1. The predicted molar refractivity (Wildman–Crippen MR) is 108 cm³/mol. The Bertz CT molecular complexity index is 995. The van der Waals surface area contributed by atoms with E-state index in [2.05, 4.69) is 15.0 Å². The number of hydrogen-bond acceptors (Lipinski definition) is 7. The van der Waals surface area contributed by atoms with Crippen molar-refractivity contribution in [3.8, 4) is 11.5 Å². The second-order valence-electron chi connectivity index (χ2n) is 5.70. The molecule has 0 spiro atoms. The number of aryl methyl sites for hydroxylation is 1. The fraction of sp³-hybridized carbons (Fsp3) is 0.278. The molecule has 0 fully saturated rings. The van der Waals surface area contributed by atoms with Gasteiger partial charge in [0, 0.05) is 23.4 Å². The van der Waals surface area contributed by atoms with Crippen LogP contribution >= 0.6 is 0 Å². The van der Waals surface area contributed by atoms with Crippen molar-refractivity contribution in [1.82, 2.24) is 15.0 Å². The Balaban J connectivity index is 0.00000280. The highest BCUT2D eigenvalue weighted by Crippen LogP contribution is 2.31. The van der Waals surface area contributed by atoms with Crippen LogP contribution in [-0.4, -0.2) is 69.9 Å². The van der Waals surface area contributed by atoms with Crippen LogP contribution in [-0.2, 0) is 21.7 Å². The summed E-state index contributed by atoms with van der Waals surface area (Å²) in [5, 5.41) is 0.290. The Kier molecular flexibility index (Phi) is 7.52. The van der Waals surface area contributed by atoms with Gasteiger partial charge in [-0.25, -0.2) is 4.79 Å². The molecule has 10 heteroatoms. The molecule has 1 unspecified atom stereocenters. The highest BCUT2D eigenvalue weighted by molar-refractivity contribution is 7.90. The molecule has 1 atom stereocenters. The Labute approximate surface area is 181 Å². The maximum Gasteiger partial charge on any atom is 0.338 e. The monoisotopic (exact) mass is 415 g/mol. The first-order chi connectivity index (χ1) is 13.0. The second-order valence-corrected chi connectivity index (χ2v) is 7.07. The lowest BCUT2D eigenvalue weighted by molar-refractivity contribution is 0.0600. The molecule has 0 saturated heterocycles.